The summed E-state index contributed by atoms with van der Waals surface area (Å²) in [6, 6.07) is 6.47. The highest BCUT2D eigenvalue weighted by molar-refractivity contribution is 5.98. The van der Waals surface area contributed by atoms with E-state index in [2.05, 4.69) is 25.5 Å². The van der Waals surface area contributed by atoms with E-state index in [4.69, 9.17) is 0 Å². The Morgan fingerprint density at radius 1 is 1.28 bits per heavy atom. The van der Waals surface area contributed by atoms with Crippen LogP contribution >= 0.6 is 0 Å². The number of carbonyl (C=O) groups excluding carboxylic acids is 1. The molecule has 1 amide bonds. The summed E-state index contributed by atoms with van der Waals surface area (Å²) in [5, 5.41) is 20.4. The fraction of sp³-hybridized carbons (Fsp3) is 0.333. The molecule has 0 saturated heterocycles. The topological polar surface area (TPSA) is 113 Å². The van der Waals surface area contributed by atoms with Crippen molar-refractivity contribution < 1.29 is 13.6 Å². The largest absolute Gasteiger partial charge is 0.352 e. The lowest BCUT2D eigenvalue weighted by molar-refractivity contribution is 0.0167. The van der Waals surface area contributed by atoms with Gasteiger partial charge in [-0.1, -0.05) is 0 Å². The molecule has 0 saturated carbocycles. The number of rotatable bonds is 8. The van der Waals surface area contributed by atoms with Crippen molar-refractivity contribution in [2.75, 3.05) is 18.4 Å². The van der Waals surface area contributed by atoms with Crippen LogP contribution in [-0.4, -0.2) is 54.9 Å². The number of likely N-dealkylation sites (N-methyl/N-ethyl adjacent to an activating group) is 1. The van der Waals surface area contributed by atoms with E-state index in [9.17, 15) is 18.8 Å². The number of hydrogen-bond donors (Lipinski definition) is 1. The zero-order chi connectivity index (χ0) is 23.3. The number of alkyl halides is 2. The minimum atomic E-state index is -3.02. The maximum absolute atomic E-state index is 13.4. The van der Waals surface area contributed by atoms with E-state index in [0.29, 0.717) is 23.4 Å². The highest BCUT2D eigenvalue weighted by Gasteiger charge is 2.26. The number of nitriles is 1. The van der Waals surface area contributed by atoms with E-state index in [-0.39, 0.29) is 30.0 Å². The molecule has 3 rings (SSSR count). The van der Waals surface area contributed by atoms with Gasteiger partial charge in [-0.15, -0.1) is 0 Å². The Balaban J connectivity index is 1.78. The molecule has 2 heterocycles. The Kier molecular flexibility index (Phi) is 6.73. The molecule has 11 heteroatoms. The van der Waals surface area contributed by atoms with Crippen LogP contribution in [0.15, 0.2) is 43.0 Å². The number of hydrogen-bond acceptors (Lipinski definition) is 7. The van der Waals surface area contributed by atoms with Crippen molar-refractivity contribution in [3.63, 3.8) is 0 Å². The van der Waals surface area contributed by atoms with Crippen molar-refractivity contribution in [3.05, 3.63) is 59.7 Å². The normalized spacial score (nSPS) is 12.1. The van der Waals surface area contributed by atoms with Gasteiger partial charge in [0.05, 0.1) is 40.8 Å². The average molecular weight is 440 g/mol. The number of halogens is 2. The highest BCUT2D eigenvalue weighted by atomic mass is 19.3. The quantitative estimate of drug-likeness (QED) is 0.573. The highest BCUT2D eigenvalue weighted by Crippen LogP contribution is 2.25. The van der Waals surface area contributed by atoms with E-state index in [0.717, 1.165) is 19.3 Å². The molecule has 0 aliphatic heterocycles. The molecular formula is C21H22F2N8O. The van der Waals surface area contributed by atoms with Gasteiger partial charge in [0.15, 0.2) is 0 Å². The molecule has 2 aromatic heterocycles. The summed E-state index contributed by atoms with van der Waals surface area (Å²) >= 11 is 0. The van der Waals surface area contributed by atoms with Crippen LogP contribution in [-0.2, 0) is 5.92 Å². The molecule has 0 fully saturated rings. The lowest BCUT2D eigenvalue weighted by atomic mass is 10.1. The molecule has 0 aliphatic rings. The summed E-state index contributed by atoms with van der Waals surface area (Å²) in [7, 11) is 0. The maximum Gasteiger partial charge on any atom is 0.273 e. The average Bonchev–Trinajstić information content (AvgIpc) is 3.32. The second kappa shape index (κ2) is 9.47. The van der Waals surface area contributed by atoms with E-state index >= 15 is 0 Å². The minimum Gasteiger partial charge on any atom is -0.352 e. The van der Waals surface area contributed by atoms with Gasteiger partial charge in [-0.25, -0.2) is 18.7 Å². The van der Waals surface area contributed by atoms with Crippen molar-refractivity contribution in [1.82, 2.24) is 29.9 Å². The minimum absolute atomic E-state index is 0.182. The second-order valence-electron chi connectivity index (χ2n) is 7.17. The molecule has 1 unspecified atom stereocenters. The van der Waals surface area contributed by atoms with Crippen molar-refractivity contribution in [3.8, 4) is 11.8 Å². The predicted molar refractivity (Wildman–Crippen MR) is 112 cm³/mol. The van der Waals surface area contributed by atoms with Gasteiger partial charge in [-0.2, -0.15) is 20.3 Å². The molecule has 9 nitrogen and oxygen atoms in total. The molecule has 1 aromatic carbocycles. The van der Waals surface area contributed by atoms with Crippen LogP contribution < -0.4 is 5.32 Å². The Hall–Kier alpha value is -3.94. The number of benzene rings is 1. The molecule has 0 bridgehead atoms. The van der Waals surface area contributed by atoms with Crippen molar-refractivity contribution in [2.24, 2.45) is 0 Å². The third-order valence-electron chi connectivity index (χ3n) is 4.84. The van der Waals surface area contributed by atoms with Gasteiger partial charge in [0.25, 0.3) is 11.8 Å². The first-order chi connectivity index (χ1) is 15.2. The molecular weight excluding hydrogens is 418 g/mol. The van der Waals surface area contributed by atoms with Crippen LogP contribution in [0.1, 0.15) is 42.3 Å². The maximum atomic E-state index is 13.4. The molecule has 1 atom stereocenters. The van der Waals surface area contributed by atoms with Crippen LogP contribution in [0.25, 0.3) is 5.69 Å². The van der Waals surface area contributed by atoms with Crippen LogP contribution in [0.5, 0.6) is 0 Å². The third kappa shape index (κ3) is 5.03. The lowest BCUT2D eigenvalue weighted by Gasteiger charge is -2.29. The number of carbonyl (C=O) groups is 1. The number of nitrogens with zero attached hydrogens (tertiary/aromatic N) is 7. The third-order valence-corrected chi connectivity index (χ3v) is 4.84. The van der Waals surface area contributed by atoms with Gasteiger partial charge in [0.1, 0.15) is 0 Å². The predicted octanol–water partition coefficient (Wildman–Crippen LogP) is 3.00. The number of aromatic nitrogens is 5. The first kappa shape index (κ1) is 22.7. The van der Waals surface area contributed by atoms with Gasteiger partial charge >= 0.3 is 0 Å². The summed E-state index contributed by atoms with van der Waals surface area (Å²) in [5.41, 5.74) is 0.808. The summed E-state index contributed by atoms with van der Waals surface area (Å²) in [6.45, 7) is 5.13. The number of nitrogens with one attached hydrogen (secondary N) is 1. The monoisotopic (exact) mass is 440 g/mol. The molecule has 1 N–H and O–H groups in total. The molecule has 3 aromatic rings. The smallest absolute Gasteiger partial charge is 0.273 e. The molecule has 166 valence electrons. The fourth-order valence-electron chi connectivity index (χ4n) is 3.10. The van der Waals surface area contributed by atoms with E-state index < -0.39 is 5.92 Å². The van der Waals surface area contributed by atoms with Crippen molar-refractivity contribution in [2.45, 2.75) is 32.7 Å². The number of anilines is 1. The van der Waals surface area contributed by atoms with Crippen LogP contribution in [0.2, 0.25) is 0 Å². The van der Waals surface area contributed by atoms with E-state index in [1.54, 1.807) is 17.0 Å². The first-order valence-corrected chi connectivity index (χ1v) is 9.90. The van der Waals surface area contributed by atoms with Gasteiger partial charge in [-0.05, 0) is 32.0 Å². The van der Waals surface area contributed by atoms with Crippen LogP contribution in [0, 0.1) is 11.3 Å². The Morgan fingerprint density at radius 3 is 2.50 bits per heavy atom. The summed E-state index contributed by atoms with van der Waals surface area (Å²) in [4.78, 5) is 24.1. The van der Waals surface area contributed by atoms with Gasteiger partial charge in [0.2, 0.25) is 5.95 Å². The first-order valence-electron chi connectivity index (χ1n) is 9.90. The summed E-state index contributed by atoms with van der Waals surface area (Å²) < 4.78 is 26.6. The molecule has 0 radical (unpaired) electrons. The van der Waals surface area contributed by atoms with E-state index in [1.807, 2.05) is 19.9 Å². The van der Waals surface area contributed by atoms with Gasteiger partial charge in [0, 0.05) is 38.4 Å². The van der Waals surface area contributed by atoms with Gasteiger partial charge < -0.3 is 10.2 Å². The van der Waals surface area contributed by atoms with Crippen LogP contribution in [0.3, 0.4) is 0 Å². The summed E-state index contributed by atoms with van der Waals surface area (Å²) in [6.07, 6.45) is 5.13. The zero-order valence-corrected chi connectivity index (χ0v) is 17.8. The fourth-order valence-corrected chi connectivity index (χ4v) is 3.10. The standard InChI is InChI=1S/C21H22F2N8O/c1-4-30(14(2)11-25-20-26-12-16(13-27-20)21(3,22)23)19(32)17-9-15(10-24)5-6-18(17)31-28-7-8-29-31/h5-9,12-14H,4,11H2,1-3H3,(H,25,26,27). The SMILES string of the molecule is CCN(C(=O)c1cc(C#N)ccc1-n1nccn1)C(C)CNc1ncc(C(C)(F)F)cn1. The van der Waals surface area contributed by atoms with Gasteiger partial charge in [-0.3, -0.25) is 4.79 Å². The Morgan fingerprint density at radius 2 is 1.94 bits per heavy atom. The second-order valence-corrected chi connectivity index (χ2v) is 7.17. The lowest BCUT2D eigenvalue weighted by Crippen LogP contribution is -2.42. The summed E-state index contributed by atoms with van der Waals surface area (Å²) in [5.74, 6) is -3.13. The van der Waals surface area contributed by atoms with Crippen molar-refractivity contribution in [1.29, 1.82) is 5.26 Å². The van der Waals surface area contributed by atoms with Crippen LogP contribution in [0.4, 0.5) is 14.7 Å². The van der Waals surface area contributed by atoms with Crippen molar-refractivity contribution >= 4 is 11.9 Å². The molecule has 0 aliphatic carbocycles. The Bertz CT molecular complexity index is 1100. The molecule has 0 spiro atoms. The molecule has 32 heavy (non-hydrogen) atoms. The number of amides is 1. The zero-order valence-electron chi connectivity index (χ0n) is 17.8. The van der Waals surface area contributed by atoms with E-state index in [1.165, 1.54) is 23.3 Å². The Labute approximate surface area is 183 Å².